The number of nitrogens with zero attached hydrogens (tertiary/aromatic N) is 3. The van der Waals surface area contributed by atoms with Gasteiger partial charge in [-0.1, -0.05) is 0 Å². The van der Waals surface area contributed by atoms with Gasteiger partial charge in [0.15, 0.2) is 6.61 Å². The van der Waals surface area contributed by atoms with Crippen molar-refractivity contribution in [2.24, 2.45) is 0 Å². The monoisotopic (exact) mass is 466 g/mol. The second-order valence-electron chi connectivity index (χ2n) is 7.95. The van der Waals surface area contributed by atoms with E-state index in [2.05, 4.69) is 10.3 Å². The van der Waals surface area contributed by atoms with E-state index in [1.807, 2.05) is 24.3 Å². The molecular formula is C24H26N4O6. The van der Waals surface area contributed by atoms with E-state index in [0.29, 0.717) is 31.9 Å². The molecule has 2 saturated heterocycles. The molecule has 10 nitrogen and oxygen atoms in total. The van der Waals surface area contributed by atoms with Crippen LogP contribution in [0.1, 0.15) is 23.2 Å². The second kappa shape index (κ2) is 10.2. The molecule has 2 fully saturated rings. The van der Waals surface area contributed by atoms with Gasteiger partial charge in [0.2, 0.25) is 11.8 Å². The van der Waals surface area contributed by atoms with Crippen molar-refractivity contribution in [3.05, 3.63) is 54.1 Å². The number of carbonyl (C=O) groups excluding carboxylic acids is 4. The zero-order valence-corrected chi connectivity index (χ0v) is 18.9. The van der Waals surface area contributed by atoms with Gasteiger partial charge in [-0.15, -0.1) is 0 Å². The standard InChI is InChI=1S/C24H26N4O6/c1-33-20-8-6-18(7-9-20)26-12-14-27(15-13-26)23(31)16-34-24(32)17-2-4-19(5-3-17)28-22(30)11-10-21(29)25-28/h2-9H,10-16H2,1H3,(H,25,29). The number of hydrogen-bond donors (Lipinski definition) is 1. The summed E-state index contributed by atoms with van der Waals surface area (Å²) in [5, 5.41) is 1.16. The second-order valence-corrected chi connectivity index (χ2v) is 7.95. The van der Waals surface area contributed by atoms with E-state index in [0.717, 1.165) is 16.4 Å². The largest absolute Gasteiger partial charge is 0.497 e. The van der Waals surface area contributed by atoms with Crippen LogP contribution in [0.15, 0.2) is 48.5 Å². The number of anilines is 2. The lowest BCUT2D eigenvalue weighted by Crippen LogP contribution is -2.50. The lowest BCUT2D eigenvalue weighted by Gasteiger charge is -2.36. The number of piperazine rings is 1. The molecule has 2 aromatic rings. The Morgan fingerprint density at radius 2 is 1.53 bits per heavy atom. The van der Waals surface area contributed by atoms with Gasteiger partial charge >= 0.3 is 5.97 Å². The molecule has 2 heterocycles. The predicted molar refractivity (Wildman–Crippen MR) is 123 cm³/mol. The van der Waals surface area contributed by atoms with Crippen LogP contribution in [-0.2, 0) is 19.1 Å². The minimum atomic E-state index is -0.634. The Morgan fingerprint density at radius 3 is 2.18 bits per heavy atom. The highest BCUT2D eigenvalue weighted by atomic mass is 16.5. The minimum Gasteiger partial charge on any atom is -0.497 e. The smallest absolute Gasteiger partial charge is 0.338 e. The molecule has 178 valence electrons. The van der Waals surface area contributed by atoms with Crippen LogP contribution in [0.5, 0.6) is 5.75 Å². The van der Waals surface area contributed by atoms with Crippen LogP contribution in [0, 0.1) is 0 Å². The third-order valence-electron chi connectivity index (χ3n) is 5.81. The number of carbonyl (C=O) groups is 4. The van der Waals surface area contributed by atoms with Gasteiger partial charge in [0.1, 0.15) is 5.75 Å². The SMILES string of the molecule is COc1ccc(N2CCN(C(=O)COC(=O)c3ccc(N4NC(=O)CCC4=O)cc3)CC2)cc1. The number of hydrogen-bond acceptors (Lipinski definition) is 7. The normalized spacial score (nSPS) is 16.2. The van der Waals surface area contributed by atoms with Crippen molar-refractivity contribution in [3.63, 3.8) is 0 Å². The topological polar surface area (TPSA) is 108 Å². The van der Waals surface area contributed by atoms with E-state index in [1.165, 1.54) is 12.1 Å². The molecule has 2 aliphatic heterocycles. The Hall–Kier alpha value is -4.08. The predicted octanol–water partition coefficient (Wildman–Crippen LogP) is 1.36. The van der Waals surface area contributed by atoms with Crippen molar-refractivity contribution in [1.29, 1.82) is 0 Å². The van der Waals surface area contributed by atoms with Gasteiger partial charge in [-0.2, -0.15) is 0 Å². The Kier molecular flexibility index (Phi) is 6.95. The first-order chi connectivity index (χ1) is 16.4. The molecule has 1 N–H and O–H groups in total. The van der Waals surface area contributed by atoms with E-state index in [9.17, 15) is 19.2 Å². The third kappa shape index (κ3) is 5.28. The number of amides is 3. The molecule has 2 aromatic carbocycles. The van der Waals surface area contributed by atoms with Crippen molar-refractivity contribution >= 4 is 35.1 Å². The van der Waals surface area contributed by atoms with Crippen LogP contribution >= 0.6 is 0 Å². The van der Waals surface area contributed by atoms with Gasteiger partial charge in [-0.3, -0.25) is 19.8 Å². The highest BCUT2D eigenvalue weighted by Crippen LogP contribution is 2.21. The maximum atomic E-state index is 12.5. The highest BCUT2D eigenvalue weighted by molar-refractivity contribution is 6.01. The zero-order chi connectivity index (χ0) is 24.1. The molecule has 0 unspecified atom stereocenters. The quantitative estimate of drug-likeness (QED) is 0.641. The average Bonchev–Trinajstić information content (AvgIpc) is 2.88. The number of nitrogens with one attached hydrogen (secondary N) is 1. The Balaban J connectivity index is 1.25. The Labute approximate surface area is 197 Å². The summed E-state index contributed by atoms with van der Waals surface area (Å²) in [5.74, 6) is -0.563. The van der Waals surface area contributed by atoms with Crippen LogP contribution in [-0.4, -0.2) is 68.5 Å². The van der Waals surface area contributed by atoms with E-state index < -0.39 is 5.97 Å². The van der Waals surface area contributed by atoms with Gasteiger partial charge in [0.25, 0.3) is 5.91 Å². The molecule has 0 aromatic heterocycles. The molecule has 0 radical (unpaired) electrons. The highest BCUT2D eigenvalue weighted by Gasteiger charge is 2.25. The fourth-order valence-corrected chi connectivity index (χ4v) is 3.84. The fraction of sp³-hybridized carbons (Fsp3) is 0.333. The third-order valence-corrected chi connectivity index (χ3v) is 5.81. The summed E-state index contributed by atoms with van der Waals surface area (Å²) in [6.45, 7) is 2.08. The first-order valence-corrected chi connectivity index (χ1v) is 11.0. The van der Waals surface area contributed by atoms with Gasteiger partial charge in [-0.25, -0.2) is 9.80 Å². The fourth-order valence-electron chi connectivity index (χ4n) is 3.84. The summed E-state index contributed by atoms with van der Waals surface area (Å²) in [4.78, 5) is 52.3. The molecule has 34 heavy (non-hydrogen) atoms. The molecule has 0 aliphatic carbocycles. The molecule has 0 saturated carbocycles. The van der Waals surface area contributed by atoms with Crippen LogP contribution in [0.2, 0.25) is 0 Å². The summed E-state index contributed by atoms with van der Waals surface area (Å²) < 4.78 is 10.4. The van der Waals surface area contributed by atoms with Crippen LogP contribution in [0.3, 0.4) is 0 Å². The van der Waals surface area contributed by atoms with Gasteiger partial charge in [0.05, 0.1) is 18.4 Å². The number of esters is 1. The van der Waals surface area contributed by atoms with Crippen molar-refractivity contribution in [2.45, 2.75) is 12.8 Å². The van der Waals surface area contributed by atoms with Crippen molar-refractivity contribution in [1.82, 2.24) is 10.3 Å². The van der Waals surface area contributed by atoms with Crippen LogP contribution < -0.4 is 20.1 Å². The summed E-state index contributed by atoms with van der Waals surface area (Å²) in [5.41, 5.74) is 4.25. The van der Waals surface area contributed by atoms with Crippen molar-refractivity contribution in [3.8, 4) is 5.75 Å². The molecule has 4 rings (SSSR count). The van der Waals surface area contributed by atoms with Gasteiger partial charge in [0, 0.05) is 44.7 Å². The lowest BCUT2D eigenvalue weighted by atomic mass is 10.2. The summed E-state index contributed by atoms with van der Waals surface area (Å²) in [7, 11) is 1.62. The van der Waals surface area contributed by atoms with Gasteiger partial charge < -0.3 is 19.3 Å². The summed E-state index contributed by atoms with van der Waals surface area (Å²) in [6, 6.07) is 13.8. The Morgan fingerprint density at radius 1 is 0.882 bits per heavy atom. The molecular weight excluding hydrogens is 440 g/mol. The summed E-state index contributed by atoms with van der Waals surface area (Å²) in [6.07, 6.45) is 0.288. The lowest BCUT2D eigenvalue weighted by molar-refractivity contribution is -0.134. The van der Waals surface area contributed by atoms with Gasteiger partial charge in [-0.05, 0) is 48.5 Å². The van der Waals surface area contributed by atoms with Crippen molar-refractivity contribution < 1.29 is 28.7 Å². The number of rotatable bonds is 6. The van der Waals surface area contributed by atoms with Crippen LogP contribution in [0.25, 0.3) is 0 Å². The molecule has 0 atom stereocenters. The van der Waals surface area contributed by atoms with Crippen molar-refractivity contribution in [2.75, 3.05) is 49.8 Å². The molecule has 0 bridgehead atoms. The number of methoxy groups -OCH3 is 1. The molecule has 3 amide bonds. The number of benzene rings is 2. The molecule has 0 spiro atoms. The molecule has 2 aliphatic rings. The zero-order valence-electron chi connectivity index (χ0n) is 18.9. The first-order valence-electron chi connectivity index (χ1n) is 11.0. The first kappa shape index (κ1) is 23.1. The van der Waals surface area contributed by atoms with Crippen LogP contribution in [0.4, 0.5) is 11.4 Å². The minimum absolute atomic E-state index is 0.131. The van der Waals surface area contributed by atoms with E-state index >= 15 is 0 Å². The maximum absolute atomic E-state index is 12.5. The number of hydrazine groups is 1. The molecule has 10 heteroatoms. The maximum Gasteiger partial charge on any atom is 0.338 e. The Bertz CT molecular complexity index is 1060. The van der Waals surface area contributed by atoms with E-state index in [4.69, 9.17) is 9.47 Å². The average molecular weight is 466 g/mol. The summed E-state index contributed by atoms with van der Waals surface area (Å²) >= 11 is 0. The number of ether oxygens (including phenoxy) is 2. The van der Waals surface area contributed by atoms with E-state index in [-0.39, 0.29) is 42.7 Å². The van der Waals surface area contributed by atoms with E-state index in [1.54, 1.807) is 24.1 Å².